The molecular weight excluding hydrogens is 581 g/mol. The van der Waals surface area contributed by atoms with Gasteiger partial charge in [-0.1, -0.05) is 153 Å². The highest BCUT2D eigenvalue weighted by atomic mass is 31.1. The Hall–Kier alpha value is -2.97. The normalized spacial score (nSPS) is 13.4. The summed E-state index contributed by atoms with van der Waals surface area (Å²) in [4.78, 5) is 2.60. The molecule has 0 radical (unpaired) electrons. The van der Waals surface area contributed by atoms with Gasteiger partial charge in [-0.25, -0.2) is 0 Å². The Morgan fingerprint density at radius 3 is 1.91 bits per heavy atom. The third-order valence-corrected chi connectivity index (χ3v) is 11.0. The average Bonchev–Trinajstić information content (AvgIpc) is 3.02. The lowest BCUT2D eigenvalue weighted by Gasteiger charge is -2.36. The highest BCUT2D eigenvalue weighted by Gasteiger charge is 2.34. The fourth-order valence-electron chi connectivity index (χ4n) is 6.33. The molecular formula is C42H56NO2P. The number of nitrogens with zero attached hydrogens (tertiary/aromatic N) is 1. The van der Waals surface area contributed by atoms with E-state index >= 15 is 0 Å². The Labute approximate surface area is 281 Å². The minimum atomic E-state index is -0.0885. The minimum absolute atomic E-state index is 0.0376. The van der Waals surface area contributed by atoms with Gasteiger partial charge in [0, 0.05) is 37.5 Å². The summed E-state index contributed by atoms with van der Waals surface area (Å²) in [7, 11) is 2.31. The smallest absolute Gasteiger partial charge is 0.188 e. The quantitative estimate of drug-likeness (QED) is 0.0693. The second-order valence-electron chi connectivity index (χ2n) is 14.1. The molecule has 0 amide bonds. The van der Waals surface area contributed by atoms with Gasteiger partial charge in [0.25, 0.3) is 0 Å². The molecule has 0 saturated carbocycles. The molecule has 0 saturated heterocycles. The van der Waals surface area contributed by atoms with Gasteiger partial charge in [-0.15, -0.1) is 0 Å². The van der Waals surface area contributed by atoms with Crippen molar-refractivity contribution in [2.24, 2.45) is 0 Å². The van der Waals surface area contributed by atoms with Gasteiger partial charge in [0.2, 0.25) is 0 Å². The van der Waals surface area contributed by atoms with Crippen molar-refractivity contribution in [1.82, 2.24) is 4.90 Å². The maximum atomic E-state index is 6.41. The van der Waals surface area contributed by atoms with E-state index in [9.17, 15) is 0 Å². The summed E-state index contributed by atoms with van der Waals surface area (Å²) in [5.41, 5.74) is 9.39. The van der Waals surface area contributed by atoms with Crippen molar-refractivity contribution in [1.29, 1.82) is 0 Å². The largest absolute Gasteiger partial charge is 0.467 e. The van der Waals surface area contributed by atoms with E-state index in [0.29, 0.717) is 8.58 Å². The number of unbranched alkanes of at least 4 members (excludes halogenated alkanes) is 2. The van der Waals surface area contributed by atoms with E-state index in [0.717, 1.165) is 31.8 Å². The number of benzene rings is 4. The van der Waals surface area contributed by atoms with Crippen LogP contribution in [0.3, 0.4) is 0 Å². The monoisotopic (exact) mass is 637 g/mol. The first-order chi connectivity index (χ1) is 22.0. The first-order valence-electron chi connectivity index (χ1n) is 17.0. The molecule has 46 heavy (non-hydrogen) atoms. The topological polar surface area (TPSA) is 21.7 Å². The zero-order chi connectivity index (χ0) is 33.2. The van der Waals surface area contributed by atoms with E-state index in [4.69, 9.17) is 9.47 Å². The molecule has 0 N–H and O–H groups in total. The molecule has 4 aromatic carbocycles. The number of hydrogen-bond donors (Lipinski definition) is 0. The number of hydrogen-bond acceptors (Lipinski definition) is 3. The standard InChI is InChI=1S/C42H56NO2P/c1-9-10-17-25-42(7,38-27-37(41(4,5)6)26-33(3)39(38)45-31-44-8)46-40-32(2)19-18-24-36(40)30-43(28-34-20-13-11-14-21-34)29-35-22-15-12-16-23-35/h11-16,18-24,26-27,46H,9-10,17,25,28-31H2,1-8H3. The number of rotatable bonds is 16. The molecule has 2 unspecified atom stereocenters. The molecule has 0 aliphatic heterocycles. The van der Waals surface area contributed by atoms with Crippen LogP contribution in [0.2, 0.25) is 0 Å². The average molecular weight is 638 g/mol. The van der Waals surface area contributed by atoms with Crippen molar-refractivity contribution in [2.75, 3.05) is 13.9 Å². The second-order valence-corrected chi connectivity index (χ2v) is 16.0. The third kappa shape index (κ3) is 9.77. The van der Waals surface area contributed by atoms with E-state index in [1.807, 2.05) is 0 Å². The first kappa shape index (κ1) is 35.9. The molecule has 4 heteroatoms. The van der Waals surface area contributed by atoms with Crippen LogP contribution in [0.4, 0.5) is 0 Å². The Morgan fingerprint density at radius 1 is 0.717 bits per heavy atom. The van der Waals surface area contributed by atoms with Crippen LogP contribution in [-0.2, 0) is 34.9 Å². The van der Waals surface area contributed by atoms with Crippen molar-refractivity contribution >= 4 is 13.9 Å². The van der Waals surface area contributed by atoms with E-state index in [1.54, 1.807) is 7.11 Å². The van der Waals surface area contributed by atoms with E-state index in [1.165, 1.54) is 63.5 Å². The van der Waals surface area contributed by atoms with E-state index in [-0.39, 0.29) is 17.4 Å². The molecule has 0 bridgehead atoms. The van der Waals surface area contributed by atoms with Crippen molar-refractivity contribution in [3.8, 4) is 5.75 Å². The summed E-state index contributed by atoms with van der Waals surface area (Å²) in [5.74, 6) is 0.992. The van der Waals surface area contributed by atoms with Crippen LogP contribution >= 0.6 is 8.58 Å². The van der Waals surface area contributed by atoms with Crippen LogP contribution in [0.15, 0.2) is 91.0 Å². The summed E-state index contributed by atoms with van der Waals surface area (Å²) in [6.07, 6.45) is 4.74. The molecule has 0 aromatic heterocycles. The highest BCUT2D eigenvalue weighted by molar-refractivity contribution is 7.48. The first-order valence-corrected chi connectivity index (χ1v) is 18.0. The Morgan fingerprint density at radius 2 is 1.35 bits per heavy atom. The molecule has 0 aliphatic rings. The molecule has 2 atom stereocenters. The molecule has 0 heterocycles. The van der Waals surface area contributed by atoms with Crippen molar-refractivity contribution < 1.29 is 9.47 Å². The molecule has 4 aromatic rings. The van der Waals surface area contributed by atoms with Crippen LogP contribution in [0.25, 0.3) is 0 Å². The van der Waals surface area contributed by atoms with E-state index < -0.39 is 0 Å². The van der Waals surface area contributed by atoms with Gasteiger partial charge < -0.3 is 9.47 Å². The van der Waals surface area contributed by atoms with Gasteiger partial charge in [0.15, 0.2) is 6.79 Å². The zero-order valence-electron chi connectivity index (χ0n) is 29.6. The predicted octanol–water partition coefficient (Wildman–Crippen LogP) is 10.6. The molecule has 0 aliphatic carbocycles. The van der Waals surface area contributed by atoms with Crippen LogP contribution in [0.1, 0.15) is 99.2 Å². The predicted molar refractivity (Wildman–Crippen MR) is 199 cm³/mol. The summed E-state index contributed by atoms with van der Waals surface area (Å²) < 4.78 is 11.8. The van der Waals surface area contributed by atoms with Gasteiger partial charge in [-0.3, -0.25) is 4.90 Å². The van der Waals surface area contributed by atoms with Crippen LogP contribution in [0.5, 0.6) is 5.75 Å². The summed E-state index contributed by atoms with van der Waals surface area (Å²) in [6.45, 7) is 19.2. The molecule has 0 spiro atoms. The number of methoxy groups -OCH3 is 1. The third-order valence-electron chi connectivity index (χ3n) is 8.99. The lowest BCUT2D eigenvalue weighted by Crippen LogP contribution is -2.28. The van der Waals surface area contributed by atoms with Crippen molar-refractivity contribution in [3.05, 3.63) is 130 Å². The zero-order valence-corrected chi connectivity index (χ0v) is 30.6. The molecule has 4 rings (SSSR count). The Kier molecular flexibility index (Phi) is 13.0. The van der Waals surface area contributed by atoms with E-state index in [2.05, 4.69) is 144 Å². The fraction of sp³-hybridized carbons (Fsp3) is 0.429. The fourth-order valence-corrected chi connectivity index (χ4v) is 8.10. The highest BCUT2D eigenvalue weighted by Crippen LogP contribution is 2.51. The summed E-state index contributed by atoms with van der Waals surface area (Å²) in [6, 6.07) is 33.4. The van der Waals surface area contributed by atoms with Gasteiger partial charge >= 0.3 is 0 Å². The lowest BCUT2D eigenvalue weighted by atomic mass is 9.82. The molecule has 246 valence electrons. The van der Waals surface area contributed by atoms with Crippen molar-refractivity contribution in [2.45, 2.75) is 104 Å². The van der Waals surface area contributed by atoms with Crippen molar-refractivity contribution in [3.63, 3.8) is 0 Å². The van der Waals surface area contributed by atoms with Crippen LogP contribution in [-0.4, -0.2) is 18.8 Å². The van der Waals surface area contributed by atoms with Gasteiger partial charge in [-0.2, -0.15) is 0 Å². The van der Waals surface area contributed by atoms with Crippen LogP contribution < -0.4 is 10.0 Å². The van der Waals surface area contributed by atoms with Gasteiger partial charge in [0.1, 0.15) is 5.75 Å². The van der Waals surface area contributed by atoms with Gasteiger partial charge in [-0.05, 0) is 64.4 Å². The van der Waals surface area contributed by atoms with Gasteiger partial charge in [0.05, 0.1) is 0 Å². The SMILES string of the molecule is CCCCCC(C)(Pc1c(C)cccc1CN(Cc1ccccc1)Cc1ccccc1)c1cc(C(C)(C)C)cc(C)c1OCOC. The second kappa shape index (κ2) is 16.7. The summed E-state index contributed by atoms with van der Waals surface area (Å²) >= 11 is 0. The van der Waals surface area contributed by atoms with Crippen LogP contribution in [0, 0.1) is 13.8 Å². The lowest BCUT2D eigenvalue weighted by molar-refractivity contribution is 0.0494. The minimum Gasteiger partial charge on any atom is -0.467 e. The number of ether oxygens (including phenoxy) is 2. The maximum Gasteiger partial charge on any atom is 0.188 e. The number of aryl methyl sites for hydroxylation is 2. The molecule has 0 fully saturated rings. The summed E-state index contributed by atoms with van der Waals surface area (Å²) in [5, 5.41) is 1.40. The Bertz CT molecular complexity index is 1470. The Balaban J connectivity index is 1.79. The maximum absolute atomic E-state index is 6.41. The molecule has 3 nitrogen and oxygen atoms in total.